The fourth-order valence-electron chi connectivity index (χ4n) is 7.58. The van der Waals surface area contributed by atoms with Crippen LogP contribution in [0.1, 0.15) is 0 Å². The molecule has 0 atom stereocenters. The summed E-state index contributed by atoms with van der Waals surface area (Å²) in [6, 6.07) is 8.04. The molecule has 0 saturated heterocycles. The Bertz CT molecular complexity index is 3240. The van der Waals surface area contributed by atoms with Crippen molar-refractivity contribution >= 4 is 54.5 Å². The van der Waals surface area contributed by atoms with Gasteiger partial charge in [-0.25, -0.2) is 137 Å². The Kier molecular flexibility index (Phi) is 18.7. The number of nitrogens with zero attached hydrogens (tertiary/aromatic N) is 1. The number of benzene rings is 7. The molecule has 0 aliphatic heterocycles. The Morgan fingerprint density at radius 1 is 0.286 bits per heavy atom. The highest BCUT2D eigenvalue weighted by Gasteiger charge is 2.47. The van der Waals surface area contributed by atoms with Gasteiger partial charge in [0.15, 0.2) is 175 Å². The van der Waals surface area contributed by atoms with Crippen molar-refractivity contribution in [3.8, 4) is 17.1 Å². The highest BCUT2D eigenvalue weighted by atomic mass is 28.4. The molecule has 1 aromatic heterocycles. The van der Waals surface area contributed by atoms with Crippen LogP contribution in [0.5, 0.6) is 5.75 Å². The molecule has 1 heterocycles. The second-order valence-corrected chi connectivity index (χ2v) is 21.9. The smallest absolute Gasteiger partial charge is 0.265 e. The third kappa shape index (κ3) is 11.3. The third-order valence-electron chi connectivity index (χ3n) is 11.2. The van der Waals surface area contributed by atoms with E-state index in [0.29, 0.717) is 0 Å². The molecular formula is C48H16B2F30N2OSi. The Labute approximate surface area is 448 Å². The zero-order valence-corrected chi connectivity index (χ0v) is 41.3. The number of hydrogen-bond donors (Lipinski definition) is 1. The predicted molar refractivity (Wildman–Crippen MR) is 235 cm³/mol. The average Bonchev–Trinajstić information content (AvgIpc) is 0.938. The van der Waals surface area contributed by atoms with Crippen molar-refractivity contribution in [3.05, 3.63) is 211 Å². The number of rotatable bonds is 9. The van der Waals surface area contributed by atoms with E-state index in [1.165, 1.54) is 0 Å². The normalized spacial score (nSPS) is 11.4. The fraction of sp³-hybridized carbons (Fsp3) is 0.0625. The number of halogens is 30. The molecular weight excluding hydrogens is 1240 g/mol. The van der Waals surface area contributed by atoms with Crippen LogP contribution in [0.4, 0.5) is 132 Å². The fourth-order valence-corrected chi connectivity index (χ4v) is 8.42. The zero-order chi connectivity index (χ0) is 63.5. The van der Waals surface area contributed by atoms with E-state index >= 15 is 0 Å². The summed E-state index contributed by atoms with van der Waals surface area (Å²) in [5.74, 6) is -88.6. The van der Waals surface area contributed by atoms with Gasteiger partial charge in [-0.1, -0.05) is 0 Å². The van der Waals surface area contributed by atoms with Crippen molar-refractivity contribution in [3.63, 3.8) is 0 Å². The van der Waals surface area contributed by atoms with E-state index in [2.05, 4.69) is 29.6 Å². The van der Waals surface area contributed by atoms with E-state index in [1.807, 2.05) is 30.5 Å². The van der Waals surface area contributed by atoms with Crippen LogP contribution < -0.4 is 37.2 Å². The SMILES string of the molecule is C[Si](C)(C)Oc1ccc(-c2ncc[nH]2)cc1.Fc1c(F)c(F)c(B(c2c(F)c(F)c(F)c(F)c2F)c2c(F)c(F)c(F)c(F)c2F)c(F)c1F.Fc1c(F)c(F)c(B(c2c(F)c(F)c(F)c(F)c2F)c2c(F)c(F)c(F)c(F)c2F)c(F)c1F. The molecule has 36 heteroatoms. The number of aromatic amines is 1. The molecule has 0 unspecified atom stereocenters. The van der Waals surface area contributed by atoms with Gasteiger partial charge in [0.05, 0.1) is 0 Å². The minimum atomic E-state index is -3.96. The number of aromatic nitrogens is 2. The molecule has 0 fully saturated rings. The highest BCUT2D eigenvalue weighted by Crippen LogP contribution is 2.28. The first-order chi connectivity index (χ1) is 38.9. The predicted octanol–water partition coefficient (Wildman–Crippen LogP) is 11.9. The largest absolute Gasteiger partial charge is 0.544 e. The van der Waals surface area contributed by atoms with Crippen LogP contribution in [0.15, 0.2) is 36.7 Å². The summed E-state index contributed by atoms with van der Waals surface area (Å²) >= 11 is 0. The van der Waals surface area contributed by atoms with Crippen molar-refractivity contribution in [2.75, 3.05) is 0 Å². The maximum atomic E-state index is 14.4. The molecule has 3 nitrogen and oxygen atoms in total. The van der Waals surface area contributed by atoms with Crippen LogP contribution in [0.25, 0.3) is 11.4 Å². The van der Waals surface area contributed by atoms with Crippen LogP contribution in [0.3, 0.4) is 0 Å². The summed E-state index contributed by atoms with van der Waals surface area (Å²) < 4.78 is 423. The van der Waals surface area contributed by atoms with Gasteiger partial charge in [-0.2, -0.15) is 0 Å². The summed E-state index contributed by atoms with van der Waals surface area (Å²) in [6.07, 6.45) is 3.57. The third-order valence-corrected chi connectivity index (χ3v) is 12.1. The second-order valence-electron chi connectivity index (χ2n) is 17.4. The molecule has 1 N–H and O–H groups in total. The van der Waals surface area contributed by atoms with Crippen molar-refractivity contribution in [1.82, 2.24) is 9.97 Å². The van der Waals surface area contributed by atoms with Gasteiger partial charge in [0.25, 0.3) is 13.4 Å². The van der Waals surface area contributed by atoms with Gasteiger partial charge in [0.1, 0.15) is 11.6 Å². The summed E-state index contributed by atoms with van der Waals surface area (Å²) in [5.41, 5.74) is -15.0. The maximum Gasteiger partial charge on any atom is 0.265 e. The lowest BCUT2D eigenvalue weighted by atomic mass is 9.36. The second kappa shape index (κ2) is 24.2. The molecule has 0 spiro atoms. The quantitative estimate of drug-likeness (QED) is 0.0677. The first kappa shape index (κ1) is 65.0. The van der Waals surface area contributed by atoms with Crippen LogP contribution in [0.2, 0.25) is 19.6 Å². The Morgan fingerprint density at radius 2 is 0.464 bits per heavy atom. The number of hydrogen-bond acceptors (Lipinski definition) is 2. The van der Waals surface area contributed by atoms with Crippen LogP contribution in [-0.4, -0.2) is 31.7 Å². The maximum absolute atomic E-state index is 14.4. The molecule has 444 valence electrons. The number of nitrogens with one attached hydrogen (secondary N) is 1. The van der Waals surface area contributed by atoms with Gasteiger partial charge < -0.3 is 9.41 Å². The van der Waals surface area contributed by atoms with Crippen molar-refractivity contribution in [2.45, 2.75) is 19.6 Å². The Hall–Kier alpha value is -8.20. The van der Waals surface area contributed by atoms with E-state index in [-0.39, 0.29) is 0 Å². The average molecular weight is 1260 g/mol. The first-order valence-corrected chi connectivity index (χ1v) is 25.1. The Balaban J connectivity index is 0.000000215. The van der Waals surface area contributed by atoms with Crippen LogP contribution in [-0.2, 0) is 0 Å². The van der Waals surface area contributed by atoms with E-state index < -0.39 is 229 Å². The standard InChI is InChI=1S/2C18BF15.C12H16N2OSi/c2*20-4-1(5(21)11(27)16(32)10(4)26)19(2-6(22)12(28)17(33)13(29)7(2)23)3-8(24)14(30)18(34)15(31)9(3)25;1-16(2,3)15-11-6-4-10(5-7-11)12-13-8-9-14-12/h;;4-9H,1-3H3,(H,13,14). The van der Waals surface area contributed by atoms with Crippen molar-refractivity contribution in [1.29, 1.82) is 0 Å². The number of H-pyrrole nitrogens is 1. The summed E-state index contributed by atoms with van der Waals surface area (Å²) in [4.78, 5) is 7.28. The molecule has 0 bridgehead atoms. The monoisotopic (exact) mass is 1260 g/mol. The number of imidazole rings is 1. The van der Waals surface area contributed by atoms with Gasteiger partial charge in [-0.05, 0) is 43.9 Å². The molecule has 0 saturated carbocycles. The van der Waals surface area contributed by atoms with E-state index in [9.17, 15) is 132 Å². The zero-order valence-electron chi connectivity index (χ0n) is 40.3. The van der Waals surface area contributed by atoms with Crippen molar-refractivity contribution < 1.29 is 136 Å². The minimum absolute atomic E-state index is 0.888. The van der Waals surface area contributed by atoms with Gasteiger partial charge >= 0.3 is 0 Å². The van der Waals surface area contributed by atoms with Crippen LogP contribution in [0, 0.1) is 175 Å². The Morgan fingerprint density at radius 3 is 0.619 bits per heavy atom. The molecule has 0 aliphatic carbocycles. The summed E-state index contributed by atoms with van der Waals surface area (Å²) in [7, 11) is -1.51. The van der Waals surface area contributed by atoms with Gasteiger partial charge in [0.2, 0.25) is 8.32 Å². The summed E-state index contributed by atoms with van der Waals surface area (Å²) in [5, 5.41) is 0. The van der Waals surface area contributed by atoms with E-state index in [0.717, 1.165) is 17.1 Å². The lowest BCUT2D eigenvalue weighted by Gasteiger charge is -2.21. The van der Waals surface area contributed by atoms with Crippen molar-refractivity contribution in [2.24, 2.45) is 0 Å². The first-order valence-electron chi connectivity index (χ1n) is 21.7. The van der Waals surface area contributed by atoms with E-state index in [1.54, 1.807) is 6.20 Å². The summed E-state index contributed by atoms with van der Waals surface area (Å²) in [6.45, 7) is -1.40. The molecule has 8 aromatic rings. The lowest BCUT2D eigenvalue weighted by molar-refractivity contribution is 0.380. The minimum Gasteiger partial charge on any atom is -0.544 e. The van der Waals surface area contributed by atoms with Gasteiger partial charge in [0, 0.05) is 50.7 Å². The lowest BCUT2D eigenvalue weighted by Crippen LogP contribution is -2.60. The van der Waals surface area contributed by atoms with Gasteiger partial charge in [-0.15, -0.1) is 0 Å². The molecule has 0 radical (unpaired) electrons. The molecule has 8 rings (SSSR count). The highest BCUT2D eigenvalue weighted by molar-refractivity contribution is 6.96. The molecule has 0 amide bonds. The molecule has 84 heavy (non-hydrogen) atoms. The topological polar surface area (TPSA) is 37.9 Å². The van der Waals surface area contributed by atoms with E-state index in [4.69, 9.17) is 4.43 Å². The van der Waals surface area contributed by atoms with Crippen LogP contribution >= 0.6 is 0 Å². The van der Waals surface area contributed by atoms with Gasteiger partial charge in [-0.3, -0.25) is 0 Å². The molecule has 0 aliphatic rings. The molecule has 7 aromatic carbocycles.